The quantitative estimate of drug-likeness (QED) is 0.123. The highest BCUT2D eigenvalue weighted by Crippen LogP contribution is 2.56. The van der Waals surface area contributed by atoms with Gasteiger partial charge in [0.05, 0.1) is 67.4 Å². The molecule has 1 aliphatic heterocycles. The van der Waals surface area contributed by atoms with E-state index in [1.54, 1.807) is 36.6 Å². The van der Waals surface area contributed by atoms with Crippen LogP contribution in [-0.2, 0) is 25.6 Å². The van der Waals surface area contributed by atoms with E-state index >= 15 is 0 Å². The van der Waals surface area contributed by atoms with Crippen LogP contribution in [0.2, 0.25) is 0 Å². The normalized spacial score (nSPS) is 22.5. The molecule has 5 aromatic rings. The Bertz CT molecular complexity index is 2150. The first-order chi connectivity index (χ1) is 27.3. The second-order valence-corrected chi connectivity index (χ2v) is 15.1. The lowest BCUT2D eigenvalue weighted by Crippen LogP contribution is -2.54. The molecule has 0 spiro atoms. The number of amides is 3. The van der Waals surface area contributed by atoms with Crippen LogP contribution in [-0.4, -0.2) is 85.6 Å². The summed E-state index contributed by atoms with van der Waals surface area (Å²) in [5.74, 6) is 2.21. The van der Waals surface area contributed by atoms with Gasteiger partial charge in [-0.25, -0.2) is 14.8 Å². The van der Waals surface area contributed by atoms with Gasteiger partial charge >= 0.3 is 6.09 Å². The van der Waals surface area contributed by atoms with Crippen molar-refractivity contribution in [3.8, 4) is 33.6 Å². The molecule has 14 nitrogen and oxygen atoms in total. The van der Waals surface area contributed by atoms with Gasteiger partial charge in [-0.2, -0.15) is 0 Å². The van der Waals surface area contributed by atoms with Crippen LogP contribution in [0.1, 0.15) is 68.3 Å². The number of benzene rings is 2. The number of likely N-dealkylation sites (tertiary alicyclic amines) is 1. The summed E-state index contributed by atoms with van der Waals surface area (Å²) in [7, 11) is 2.77. The number of hydrogen-bond acceptors (Lipinski definition) is 9. The van der Waals surface area contributed by atoms with Crippen LogP contribution in [0.25, 0.3) is 33.6 Å². The van der Waals surface area contributed by atoms with Gasteiger partial charge in [-0.15, -0.1) is 0 Å². The van der Waals surface area contributed by atoms with Crippen molar-refractivity contribution < 1.29 is 23.9 Å². The van der Waals surface area contributed by atoms with Gasteiger partial charge in [0, 0.05) is 32.0 Å². The number of carbonyl (C=O) groups is 3. The molecule has 2 saturated carbocycles. The van der Waals surface area contributed by atoms with Gasteiger partial charge < -0.3 is 35.0 Å². The Morgan fingerprint density at radius 1 is 0.821 bits per heavy atom. The summed E-state index contributed by atoms with van der Waals surface area (Å²) in [6, 6.07) is 15.6. The Morgan fingerprint density at radius 2 is 1.46 bits per heavy atom. The highest BCUT2D eigenvalue weighted by molar-refractivity contribution is 5.87. The third kappa shape index (κ3) is 7.40. The number of alkyl carbamates (subject to hydrolysis) is 1. The Hall–Kier alpha value is -5.89. The second kappa shape index (κ2) is 16.1. The van der Waals surface area contributed by atoms with Gasteiger partial charge in [0.2, 0.25) is 11.8 Å². The fourth-order valence-corrected chi connectivity index (χ4v) is 8.96. The number of aromatic amines is 2. The Balaban J connectivity index is 0.918. The van der Waals surface area contributed by atoms with E-state index in [1.165, 1.54) is 14.2 Å². The first-order valence-electron chi connectivity index (χ1n) is 19.3. The lowest BCUT2D eigenvalue weighted by atomic mass is 9.78. The first kappa shape index (κ1) is 37.1. The molecule has 3 aliphatic rings. The summed E-state index contributed by atoms with van der Waals surface area (Å²) >= 11 is 0. The molecule has 3 fully saturated rings. The third-order valence-electron chi connectivity index (χ3n) is 11.9. The topological polar surface area (TPSA) is 180 Å². The molecular weight excluding hydrogens is 711 g/mol. The number of aromatic nitrogens is 6. The fourth-order valence-electron chi connectivity index (χ4n) is 8.96. The van der Waals surface area contributed by atoms with Crippen LogP contribution in [0.15, 0.2) is 79.5 Å². The molecule has 2 bridgehead atoms. The molecule has 290 valence electrons. The van der Waals surface area contributed by atoms with Crippen molar-refractivity contribution in [2.75, 3.05) is 20.8 Å². The minimum absolute atomic E-state index is 0.0686. The number of rotatable bonds is 12. The van der Waals surface area contributed by atoms with Gasteiger partial charge in [-0.1, -0.05) is 48.5 Å². The predicted molar refractivity (Wildman–Crippen MR) is 207 cm³/mol. The highest BCUT2D eigenvalue weighted by Gasteiger charge is 2.52. The number of nitrogens with one attached hydrogen (secondary N) is 4. The minimum Gasteiger partial charge on any atom is -0.453 e. The van der Waals surface area contributed by atoms with Crippen molar-refractivity contribution in [2.45, 2.75) is 69.7 Å². The van der Waals surface area contributed by atoms with E-state index in [0.29, 0.717) is 30.7 Å². The summed E-state index contributed by atoms with van der Waals surface area (Å²) in [5.41, 5.74) is 6.70. The molecule has 14 heteroatoms. The first-order valence-corrected chi connectivity index (χ1v) is 19.3. The maximum Gasteiger partial charge on any atom is 0.407 e. The van der Waals surface area contributed by atoms with Crippen molar-refractivity contribution >= 4 is 17.9 Å². The molecule has 3 aromatic heterocycles. The van der Waals surface area contributed by atoms with Gasteiger partial charge in [0.1, 0.15) is 17.7 Å². The molecule has 8 rings (SSSR count). The molecule has 56 heavy (non-hydrogen) atoms. The van der Waals surface area contributed by atoms with Crippen molar-refractivity contribution in [1.82, 2.24) is 45.4 Å². The Morgan fingerprint density at radius 3 is 2.11 bits per heavy atom. The van der Waals surface area contributed by atoms with Crippen molar-refractivity contribution in [3.05, 3.63) is 96.9 Å². The van der Waals surface area contributed by atoms with E-state index in [1.807, 2.05) is 6.20 Å². The SMILES string of the molecule is COC(=O)N[C@H](C(=O)N1CCC[C@H]1c1ncc(-c2ccc(-c3ccc(-c4cnc([C@@H]5C6CCC(C6)[C@H]5C(=O)NCc5cnccn5)[nH]4)cc3)cc2)[nH]1)[C@@H](C)OC. The number of nitrogens with zero attached hydrogens (tertiary/aromatic N) is 5. The monoisotopic (exact) mass is 757 g/mol. The van der Waals surface area contributed by atoms with Crippen LogP contribution in [0.4, 0.5) is 4.79 Å². The number of carbonyl (C=O) groups excluding carboxylic acids is 3. The zero-order chi connectivity index (χ0) is 38.8. The summed E-state index contributed by atoms with van der Waals surface area (Å²) in [5, 5.41) is 5.74. The maximum absolute atomic E-state index is 13.6. The van der Waals surface area contributed by atoms with Crippen LogP contribution >= 0.6 is 0 Å². The van der Waals surface area contributed by atoms with Crippen LogP contribution in [0, 0.1) is 17.8 Å². The largest absolute Gasteiger partial charge is 0.453 e. The number of imidazole rings is 2. The second-order valence-electron chi connectivity index (χ2n) is 15.1. The standard InChI is InChI=1S/C42H47N9O5/c1-24(55-2)37(50-42(54)56-3)41(53)51-18-4-5-34(51)38-45-22-32(48-38)27-10-6-25(7-11-27)26-8-12-28(13-9-26)33-23-46-39(49-33)35-29-14-15-30(19-29)36(35)40(52)47-21-31-20-43-16-17-44-31/h6-13,16-17,20,22-24,29-30,34-37H,4-5,14-15,18-19,21H2,1-3H3,(H,45,48)(H,46,49)(H,47,52)(H,50,54)/t24-,29?,30?,34+,35-,36-,37+/m1/s1. The Labute approximate surface area is 325 Å². The van der Waals surface area contributed by atoms with E-state index < -0.39 is 18.2 Å². The zero-order valence-electron chi connectivity index (χ0n) is 31.8. The molecule has 2 unspecified atom stereocenters. The molecule has 3 amide bonds. The molecule has 0 radical (unpaired) electrons. The minimum atomic E-state index is -0.886. The average molecular weight is 758 g/mol. The van der Waals surface area contributed by atoms with Crippen molar-refractivity contribution in [3.63, 3.8) is 0 Å². The number of fused-ring (bicyclic) bond motifs is 2. The van der Waals surface area contributed by atoms with E-state index in [0.717, 1.165) is 77.3 Å². The van der Waals surface area contributed by atoms with Gasteiger partial charge in [0.15, 0.2) is 0 Å². The zero-order valence-corrected chi connectivity index (χ0v) is 31.8. The van der Waals surface area contributed by atoms with Crippen LogP contribution < -0.4 is 10.6 Å². The maximum atomic E-state index is 13.6. The van der Waals surface area contributed by atoms with E-state index in [2.05, 4.69) is 84.1 Å². The average Bonchev–Trinajstić information content (AvgIpc) is 4.10. The smallest absolute Gasteiger partial charge is 0.407 e. The van der Waals surface area contributed by atoms with Gasteiger partial charge in [-0.3, -0.25) is 19.6 Å². The summed E-state index contributed by atoms with van der Waals surface area (Å²) in [6.45, 7) is 2.66. The number of hydrogen-bond donors (Lipinski definition) is 4. The lowest BCUT2D eigenvalue weighted by molar-refractivity contribution is -0.137. The highest BCUT2D eigenvalue weighted by atomic mass is 16.5. The molecule has 1 saturated heterocycles. The third-order valence-corrected chi connectivity index (χ3v) is 11.9. The summed E-state index contributed by atoms with van der Waals surface area (Å²) in [4.78, 5) is 65.8. The molecule has 4 heterocycles. The molecule has 2 aromatic carbocycles. The molecule has 7 atom stereocenters. The number of H-pyrrole nitrogens is 2. The van der Waals surface area contributed by atoms with E-state index in [4.69, 9.17) is 14.5 Å². The number of ether oxygens (including phenoxy) is 2. The number of methoxy groups -OCH3 is 2. The van der Waals surface area contributed by atoms with Gasteiger partial charge in [-0.05, 0) is 73.1 Å². The lowest BCUT2D eigenvalue weighted by Gasteiger charge is -2.30. The van der Waals surface area contributed by atoms with E-state index in [-0.39, 0.29) is 29.7 Å². The molecule has 4 N–H and O–H groups in total. The Kier molecular flexibility index (Phi) is 10.6. The van der Waals surface area contributed by atoms with Gasteiger partial charge in [0.25, 0.3) is 0 Å². The predicted octanol–water partition coefficient (Wildman–Crippen LogP) is 5.79. The molecular formula is C42H47N9O5. The molecule has 2 aliphatic carbocycles. The van der Waals surface area contributed by atoms with Crippen molar-refractivity contribution in [2.24, 2.45) is 17.8 Å². The van der Waals surface area contributed by atoms with Crippen molar-refractivity contribution in [1.29, 1.82) is 0 Å². The fraction of sp³-hybridized carbons (Fsp3) is 0.405. The van der Waals surface area contributed by atoms with E-state index in [9.17, 15) is 14.4 Å². The van der Waals surface area contributed by atoms with Crippen LogP contribution in [0.3, 0.4) is 0 Å². The summed E-state index contributed by atoms with van der Waals surface area (Å²) < 4.78 is 10.2. The summed E-state index contributed by atoms with van der Waals surface area (Å²) in [6.07, 6.45) is 12.2. The van der Waals surface area contributed by atoms with Crippen LogP contribution in [0.5, 0.6) is 0 Å².